The Hall–Kier alpha value is -0.650. The van der Waals surface area contributed by atoms with Gasteiger partial charge in [-0.1, -0.05) is 20.8 Å². The summed E-state index contributed by atoms with van der Waals surface area (Å²) in [5.74, 6) is 0.700. The van der Waals surface area contributed by atoms with Crippen LogP contribution in [0.2, 0.25) is 0 Å². The fourth-order valence-electron chi connectivity index (χ4n) is 2.79. The van der Waals surface area contributed by atoms with Gasteiger partial charge in [0.25, 0.3) is 0 Å². The van der Waals surface area contributed by atoms with Gasteiger partial charge in [-0.15, -0.1) is 11.3 Å². The molecule has 0 aliphatic carbocycles. The summed E-state index contributed by atoms with van der Waals surface area (Å²) in [7, 11) is 4.35. The largest absolute Gasteiger partial charge is 0.346 e. The van der Waals surface area contributed by atoms with Crippen molar-refractivity contribution in [2.75, 3.05) is 32.1 Å². The zero-order chi connectivity index (χ0) is 14.9. The summed E-state index contributed by atoms with van der Waals surface area (Å²) in [5, 5.41) is 4.68. The Morgan fingerprint density at radius 1 is 1.40 bits per heavy atom. The van der Waals surface area contributed by atoms with Crippen molar-refractivity contribution in [3.05, 3.63) is 10.6 Å². The molecule has 1 saturated heterocycles. The van der Waals surface area contributed by atoms with E-state index in [0.717, 1.165) is 19.6 Å². The van der Waals surface area contributed by atoms with Crippen LogP contribution in [-0.2, 0) is 6.54 Å². The third kappa shape index (κ3) is 3.51. The first kappa shape index (κ1) is 15.7. The van der Waals surface area contributed by atoms with Gasteiger partial charge in [-0.05, 0) is 26.9 Å². The van der Waals surface area contributed by atoms with Crippen LogP contribution < -0.4 is 10.2 Å². The molecule has 1 aliphatic rings. The van der Waals surface area contributed by atoms with Crippen molar-refractivity contribution in [2.45, 2.75) is 46.3 Å². The first-order chi connectivity index (χ1) is 9.38. The molecule has 1 aromatic rings. The molecule has 20 heavy (non-hydrogen) atoms. The number of aryl methyl sites for hydroxylation is 1. The molecular weight excluding hydrogens is 268 g/mol. The highest BCUT2D eigenvalue weighted by molar-refractivity contribution is 7.15. The molecule has 0 aromatic carbocycles. The lowest BCUT2D eigenvalue weighted by molar-refractivity contribution is 0.266. The number of rotatable bonds is 5. The van der Waals surface area contributed by atoms with Gasteiger partial charge in [0.1, 0.15) is 0 Å². The van der Waals surface area contributed by atoms with Gasteiger partial charge in [-0.2, -0.15) is 0 Å². The normalized spacial score (nSPS) is 23.3. The Labute approximate surface area is 127 Å². The number of aromatic nitrogens is 1. The second-order valence-corrected chi connectivity index (χ2v) is 7.52. The number of likely N-dealkylation sites (N-methyl/N-ethyl adjacent to an activating group) is 1. The molecule has 0 spiro atoms. The molecule has 4 nitrogen and oxygen atoms in total. The molecule has 0 radical (unpaired) electrons. The Morgan fingerprint density at radius 3 is 2.65 bits per heavy atom. The minimum absolute atomic E-state index is 0.518. The maximum absolute atomic E-state index is 4.78. The van der Waals surface area contributed by atoms with E-state index in [1.165, 1.54) is 15.7 Å². The summed E-state index contributed by atoms with van der Waals surface area (Å²) in [4.78, 5) is 10.9. The highest BCUT2D eigenvalue weighted by Gasteiger charge is 2.32. The topological polar surface area (TPSA) is 31.4 Å². The van der Waals surface area contributed by atoms with Crippen LogP contribution >= 0.6 is 11.3 Å². The summed E-state index contributed by atoms with van der Waals surface area (Å²) in [6.45, 7) is 12.0. The van der Waals surface area contributed by atoms with Crippen LogP contribution in [0.4, 0.5) is 5.13 Å². The predicted octanol–water partition coefficient (Wildman–Crippen LogP) is 2.34. The Balaban J connectivity index is 2.05. The lowest BCUT2D eigenvalue weighted by Gasteiger charge is -2.22. The Bertz CT molecular complexity index is 441. The molecule has 1 fully saturated rings. The van der Waals surface area contributed by atoms with Gasteiger partial charge >= 0.3 is 0 Å². The van der Waals surface area contributed by atoms with E-state index in [2.05, 4.69) is 56.9 Å². The van der Waals surface area contributed by atoms with E-state index in [1.54, 1.807) is 0 Å². The zero-order valence-corrected chi connectivity index (χ0v) is 14.4. The minimum atomic E-state index is 0.518. The molecule has 114 valence electrons. The van der Waals surface area contributed by atoms with Gasteiger partial charge in [0.15, 0.2) is 5.13 Å². The van der Waals surface area contributed by atoms with E-state index in [9.17, 15) is 0 Å². The monoisotopic (exact) mass is 296 g/mol. The summed E-state index contributed by atoms with van der Waals surface area (Å²) in [6.07, 6.45) is 0. The van der Waals surface area contributed by atoms with E-state index in [-0.39, 0.29) is 0 Å². The van der Waals surface area contributed by atoms with Crippen molar-refractivity contribution >= 4 is 16.5 Å². The van der Waals surface area contributed by atoms with Crippen molar-refractivity contribution in [3.63, 3.8) is 0 Å². The molecule has 2 rings (SSSR count). The highest BCUT2D eigenvalue weighted by atomic mass is 32.1. The maximum Gasteiger partial charge on any atom is 0.185 e. The average Bonchev–Trinajstić information content (AvgIpc) is 2.90. The quantitative estimate of drug-likeness (QED) is 0.904. The zero-order valence-electron chi connectivity index (χ0n) is 13.6. The second kappa shape index (κ2) is 6.41. The standard InChI is InChI=1S/C15H28N4S/c1-10(2)16-7-14-12(4)17-15(20-14)19-8-11(3)13(9-19)18(5)6/h10-11,13,16H,7-9H2,1-6H3. The van der Waals surface area contributed by atoms with Crippen molar-refractivity contribution in [2.24, 2.45) is 5.92 Å². The van der Waals surface area contributed by atoms with E-state index in [4.69, 9.17) is 4.98 Å². The van der Waals surface area contributed by atoms with Gasteiger partial charge in [0.2, 0.25) is 0 Å². The van der Waals surface area contributed by atoms with Crippen LogP contribution in [0, 0.1) is 12.8 Å². The number of anilines is 1. The molecule has 5 heteroatoms. The van der Waals surface area contributed by atoms with Gasteiger partial charge in [0.05, 0.1) is 5.69 Å². The molecule has 1 aromatic heterocycles. The SMILES string of the molecule is Cc1nc(N2CC(C)C(N(C)C)C2)sc1CNC(C)C. The lowest BCUT2D eigenvalue weighted by atomic mass is 10.1. The maximum atomic E-state index is 4.78. The van der Waals surface area contributed by atoms with Crippen molar-refractivity contribution in [1.29, 1.82) is 0 Å². The summed E-state index contributed by atoms with van der Waals surface area (Å²) in [5.41, 5.74) is 1.18. The van der Waals surface area contributed by atoms with Crippen LogP contribution in [0.25, 0.3) is 0 Å². The Morgan fingerprint density at radius 2 is 2.10 bits per heavy atom. The van der Waals surface area contributed by atoms with Gasteiger partial charge < -0.3 is 15.1 Å². The highest BCUT2D eigenvalue weighted by Crippen LogP contribution is 2.31. The molecule has 2 atom stereocenters. The van der Waals surface area contributed by atoms with Crippen molar-refractivity contribution in [3.8, 4) is 0 Å². The first-order valence-electron chi connectivity index (χ1n) is 7.49. The average molecular weight is 296 g/mol. The Kier molecular flexibility index (Phi) is 5.04. The first-order valence-corrected chi connectivity index (χ1v) is 8.31. The van der Waals surface area contributed by atoms with E-state index in [0.29, 0.717) is 18.0 Å². The molecular formula is C15H28N4S. The fourth-order valence-corrected chi connectivity index (χ4v) is 3.82. The molecule has 0 bridgehead atoms. The number of hydrogen-bond acceptors (Lipinski definition) is 5. The minimum Gasteiger partial charge on any atom is -0.346 e. The van der Waals surface area contributed by atoms with E-state index < -0.39 is 0 Å². The summed E-state index contributed by atoms with van der Waals surface area (Å²) >= 11 is 1.85. The van der Waals surface area contributed by atoms with Crippen LogP contribution in [-0.4, -0.2) is 49.2 Å². The fraction of sp³-hybridized carbons (Fsp3) is 0.800. The molecule has 1 N–H and O–H groups in total. The molecule has 2 unspecified atom stereocenters. The van der Waals surface area contributed by atoms with Crippen molar-refractivity contribution < 1.29 is 0 Å². The number of hydrogen-bond donors (Lipinski definition) is 1. The third-order valence-electron chi connectivity index (χ3n) is 4.06. The van der Waals surface area contributed by atoms with Crippen LogP contribution in [0.1, 0.15) is 31.3 Å². The van der Waals surface area contributed by atoms with E-state index in [1.807, 2.05) is 11.3 Å². The lowest BCUT2D eigenvalue weighted by Crippen LogP contribution is -2.34. The summed E-state index contributed by atoms with van der Waals surface area (Å²) < 4.78 is 0. The van der Waals surface area contributed by atoms with Gasteiger partial charge in [-0.3, -0.25) is 0 Å². The third-order valence-corrected chi connectivity index (χ3v) is 5.28. The number of nitrogens with one attached hydrogen (secondary N) is 1. The molecule has 2 heterocycles. The van der Waals surface area contributed by atoms with Crippen LogP contribution in [0.15, 0.2) is 0 Å². The predicted molar refractivity (Wildman–Crippen MR) is 87.7 cm³/mol. The van der Waals surface area contributed by atoms with Crippen molar-refractivity contribution in [1.82, 2.24) is 15.2 Å². The molecule has 0 saturated carbocycles. The molecule has 1 aliphatic heterocycles. The van der Waals surface area contributed by atoms with Gasteiger partial charge in [0, 0.05) is 36.6 Å². The van der Waals surface area contributed by atoms with Crippen LogP contribution in [0.5, 0.6) is 0 Å². The van der Waals surface area contributed by atoms with Crippen LogP contribution in [0.3, 0.4) is 0 Å². The van der Waals surface area contributed by atoms with Gasteiger partial charge in [-0.25, -0.2) is 4.98 Å². The van der Waals surface area contributed by atoms with E-state index >= 15 is 0 Å². The molecule has 0 amide bonds. The summed E-state index contributed by atoms with van der Waals surface area (Å²) in [6, 6.07) is 1.15. The second-order valence-electron chi connectivity index (χ2n) is 6.45. The number of nitrogens with zero attached hydrogens (tertiary/aromatic N) is 3. The number of thiazole rings is 1. The smallest absolute Gasteiger partial charge is 0.185 e.